The molecule has 1 aromatic heterocycles. The van der Waals surface area contributed by atoms with Crippen LogP contribution in [0.5, 0.6) is 0 Å². The van der Waals surface area contributed by atoms with Crippen molar-refractivity contribution >= 4 is 17.5 Å². The maximum Gasteiger partial charge on any atom is 0.217 e. The fourth-order valence-corrected chi connectivity index (χ4v) is 2.17. The van der Waals surface area contributed by atoms with Crippen LogP contribution in [0.3, 0.4) is 0 Å². The predicted molar refractivity (Wildman–Crippen MR) is 65.2 cm³/mol. The number of piperidine rings is 1. The van der Waals surface area contributed by atoms with Crippen LogP contribution in [-0.2, 0) is 4.79 Å². The van der Waals surface area contributed by atoms with Crippen molar-refractivity contribution in [2.45, 2.75) is 19.3 Å². The largest absolute Gasteiger partial charge is 0.382 e. The number of hydrogen-bond donors (Lipinski definition) is 2. The summed E-state index contributed by atoms with van der Waals surface area (Å²) in [5.74, 6) is 1.43. The molecule has 0 radical (unpaired) electrons. The van der Waals surface area contributed by atoms with Gasteiger partial charge in [0, 0.05) is 19.5 Å². The molecular formula is C11H17N5O. The number of nitrogens with two attached hydrogens (primary N) is 2. The zero-order valence-electron chi connectivity index (χ0n) is 9.67. The lowest BCUT2D eigenvalue weighted by Crippen LogP contribution is -2.35. The number of rotatable bonds is 3. The van der Waals surface area contributed by atoms with E-state index in [-0.39, 0.29) is 5.91 Å². The zero-order valence-corrected chi connectivity index (χ0v) is 9.67. The summed E-state index contributed by atoms with van der Waals surface area (Å²) in [5.41, 5.74) is 10.8. The summed E-state index contributed by atoms with van der Waals surface area (Å²) in [4.78, 5) is 21.2. The second-order valence-corrected chi connectivity index (χ2v) is 4.40. The van der Waals surface area contributed by atoms with E-state index >= 15 is 0 Å². The van der Waals surface area contributed by atoms with E-state index in [0.717, 1.165) is 31.7 Å². The van der Waals surface area contributed by atoms with Gasteiger partial charge < -0.3 is 16.4 Å². The highest BCUT2D eigenvalue weighted by Crippen LogP contribution is 2.23. The first-order valence-corrected chi connectivity index (χ1v) is 5.76. The third kappa shape index (κ3) is 3.05. The molecule has 6 nitrogen and oxygen atoms in total. The lowest BCUT2D eigenvalue weighted by atomic mass is 9.93. The van der Waals surface area contributed by atoms with Crippen molar-refractivity contribution in [1.82, 2.24) is 9.97 Å². The highest BCUT2D eigenvalue weighted by Gasteiger charge is 2.21. The molecule has 2 heterocycles. The molecule has 0 bridgehead atoms. The summed E-state index contributed by atoms with van der Waals surface area (Å²) >= 11 is 0. The van der Waals surface area contributed by atoms with Crippen molar-refractivity contribution in [1.29, 1.82) is 0 Å². The molecule has 1 fully saturated rings. The van der Waals surface area contributed by atoms with Gasteiger partial charge in [-0.05, 0) is 18.8 Å². The van der Waals surface area contributed by atoms with Crippen LogP contribution < -0.4 is 16.4 Å². The maximum absolute atomic E-state index is 10.8. The molecule has 1 aliphatic heterocycles. The lowest BCUT2D eigenvalue weighted by Gasteiger charge is -2.32. The third-order valence-electron chi connectivity index (χ3n) is 3.07. The molecule has 0 saturated carbocycles. The average Bonchev–Trinajstić information content (AvgIpc) is 2.29. The highest BCUT2D eigenvalue weighted by molar-refractivity contribution is 5.74. The molecule has 1 aromatic rings. The van der Waals surface area contributed by atoms with Crippen molar-refractivity contribution in [3.63, 3.8) is 0 Å². The fraction of sp³-hybridized carbons (Fsp3) is 0.545. The van der Waals surface area contributed by atoms with Gasteiger partial charge in [-0.3, -0.25) is 9.78 Å². The number of aromatic nitrogens is 2. The number of nitrogen functional groups attached to an aromatic ring is 1. The van der Waals surface area contributed by atoms with Gasteiger partial charge in [-0.1, -0.05) is 0 Å². The van der Waals surface area contributed by atoms with Crippen LogP contribution in [0.1, 0.15) is 19.3 Å². The molecule has 0 aromatic carbocycles. The maximum atomic E-state index is 10.8. The Morgan fingerprint density at radius 2 is 2.12 bits per heavy atom. The number of carbonyl (C=O) groups excluding carboxylic acids is 1. The Bertz CT molecular complexity index is 401. The normalized spacial score (nSPS) is 17.1. The van der Waals surface area contributed by atoms with Crippen LogP contribution in [0.15, 0.2) is 12.4 Å². The molecule has 1 saturated heterocycles. The van der Waals surface area contributed by atoms with E-state index in [1.165, 1.54) is 6.20 Å². The van der Waals surface area contributed by atoms with Crippen LogP contribution in [-0.4, -0.2) is 29.0 Å². The minimum absolute atomic E-state index is 0.216. The van der Waals surface area contributed by atoms with Gasteiger partial charge in [0.1, 0.15) is 11.6 Å². The molecule has 1 amide bonds. The standard InChI is InChI=1S/C11H17N5O/c12-9-6-14-7-11(15-9)16-3-1-8(2-4-16)5-10(13)17/h6-8H,1-5H2,(H2,12,15)(H2,13,17). The Hall–Kier alpha value is -1.85. The van der Waals surface area contributed by atoms with E-state index in [1.807, 2.05) is 0 Å². The summed E-state index contributed by atoms with van der Waals surface area (Å²) in [6.07, 6.45) is 5.64. The Morgan fingerprint density at radius 1 is 1.41 bits per heavy atom. The van der Waals surface area contributed by atoms with Gasteiger partial charge in [0.2, 0.25) is 5.91 Å². The van der Waals surface area contributed by atoms with Gasteiger partial charge in [-0.15, -0.1) is 0 Å². The zero-order chi connectivity index (χ0) is 12.3. The summed E-state index contributed by atoms with van der Waals surface area (Å²) in [6.45, 7) is 1.74. The number of carbonyl (C=O) groups is 1. The quantitative estimate of drug-likeness (QED) is 0.777. The van der Waals surface area contributed by atoms with Crippen LogP contribution in [0.25, 0.3) is 0 Å². The first-order valence-electron chi connectivity index (χ1n) is 5.76. The van der Waals surface area contributed by atoms with E-state index in [4.69, 9.17) is 11.5 Å². The molecule has 0 atom stereocenters. The molecule has 4 N–H and O–H groups in total. The highest BCUT2D eigenvalue weighted by atomic mass is 16.1. The number of anilines is 2. The number of nitrogens with zero attached hydrogens (tertiary/aromatic N) is 3. The fourth-order valence-electron chi connectivity index (χ4n) is 2.17. The SMILES string of the molecule is NC(=O)CC1CCN(c2cncc(N)n2)CC1. The summed E-state index contributed by atoms with van der Waals surface area (Å²) in [6, 6.07) is 0. The monoisotopic (exact) mass is 235 g/mol. The van der Waals surface area contributed by atoms with Gasteiger partial charge in [-0.25, -0.2) is 4.98 Å². The Morgan fingerprint density at radius 3 is 2.71 bits per heavy atom. The molecular weight excluding hydrogens is 218 g/mol. The molecule has 0 spiro atoms. The summed E-state index contributed by atoms with van der Waals surface area (Å²) in [5, 5.41) is 0. The molecule has 2 rings (SSSR count). The first kappa shape index (κ1) is 11.6. The van der Waals surface area contributed by atoms with Crippen molar-refractivity contribution in [3.8, 4) is 0 Å². The molecule has 1 aliphatic rings. The van der Waals surface area contributed by atoms with Gasteiger partial charge >= 0.3 is 0 Å². The summed E-state index contributed by atoms with van der Waals surface area (Å²) in [7, 11) is 0. The van der Waals surface area contributed by atoms with Crippen LogP contribution >= 0.6 is 0 Å². The number of amides is 1. The van der Waals surface area contributed by atoms with Gasteiger partial charge in [-0.2, -0.15) is 0 Å². The van der Waals surface area contributed by atoms with Crippen molar-refractivity contribution in [3.05, 3.63) is 12.4 Å². The van der Waals surface area contributed by atoms with Crippen molar-refractivity contribution in [2.75, 3.05) is 23.7 Å². The third-order valence-corrected chi connectivity index (χ3v) is 3.07. The first-order chi connectivity index (χ1) is 8.15. The van der Waals surface area contributed by atoms with Crippen molar-refractivity contribution < 1.29 is 4.79 Å². The Labute approximate surface area is 100 Å². The Balaban J connectivity index is 1.93. The Kier molecular flexibility index (Phi) is 3.41. The van der Waals surface area contributed by atoms with E-state index in [9.17, 15) is 4.79 Å². The smallest absolute Gasteiger partial charge is 0.217 e. The van der Waals surface area contributed by atoms with E-state index < -0.39 is 0 Å². The lowest BCUT2D eigenvalue weighted by molar-refractivity contribution is -0.119. The molecule has 17 heavy (non-hydrogen) atoms. The molecule has 92 valence electrons. The topological polar surface area (TPSA) is 98.1 Å². The molecule has 0 aliphatic carbocycles. The minimum Gasteiger partial charge on any atom is -0.382 e. The van der Waals surface area contributed by atoms with E-state index in [2.05, 4.69) is 14.9 Å². The van der Waals surface area contributed by atoms with E-state index in [0.29, 0.717) is 18.2 Å². The van der Waals surface area contributed by atoms with Crippen LogP contribution in [0.4, 0.5) is 11.6 Å². The second-order valence-electron chi connectivity index (χ2n) is 4.40. The van der Waals surface area contributed by atoms with Gasteiger partial charge in [0.25, 0.3) is 0 Å². The number of hydrogen-bond acceptors (Lipinski definition) is 5. The summed E-state index contributed by atoms with van der Waals surface area (Å²) < 4.78 is 0. The van der Waals surface area contributed by atoms with Gasteiger partial charge in [0.15, 0.2) is 0 Å². The second kappa shape index (κ2) is 4.99. The number of primary amides is 1. The van der Waals surface area contributed by atoms with Crippen molar-refractivity contribution in [2.24, 2.45) is 11.7 Å². The van der Waals surface area contributed by atoms with Gasteiger partial charge in [0.05, 0.1) is 12.4 Å². The van der Waals surface area contributed by atoms with E-state index in [1.54, 1.807) is 6.20 Å². The predicted octanol–water partition coefficient (Wildman–Crippen LogP) is 0.151. The van der Waals surface area contributed by atoms with Crippen LogP contribution in [0, 0.1) is 5.92 Å². The van der Waals surface area contributed by atoms with Crippen LogP contribution in [0.2, 0.25) is 0 Å². The minimum atomic E-state index is -0.216. The molecule has 0 unspecified atom stereocenters. The average molecular weight is 235 g/mol. The molecule has 6 heteroatoms.